The third-order valence-corrected chi connectivity index (χ3v) is 4.63. The Kier molecular flexibility index (Phi) is 4.52. The molecule has 1 N–H and O–H groups in total. The van der Waals surface area contributed by atoms with Gasteiger partial charge >= 0.3 is 0 Å². The standard InChI is InChI=1S/C17H25NO/c1-2-6-14(5-1)9-11-18-13-17-16-8-4-3-7-15(16)10-12-19-17/h3-4,7-8,14,17-18H,1-2,5-6,9-13H2/t17-/m0/s1. The summed E-state index contributed by atoms with van der Waals surface area (Å²) in [4.78, 5) is 0. The van der Waals surface area contributed by atoms with Gasteiger partial charge in [0.25, 0.3) is 0 Å². The lowest BCUT2D eigenvalue weighted by Crippen LogP contribution is -2.28. The van der Waals surface area contributed by atoms with Crippen LogP contribution in [0.25, 0.3) is 0 Å². The van der Waals surface area contributed by atoms with Crippen molar-refractivity contribution in [1.82, 2.24) is 5.32 Å². The normalized spacial score (nSPS) is 23.5. The summed E-state index contributed by atoms with van der Waals surface area (Å²) in [7, 11) is 0. The van der Waals surface area contributed by atoms with Gasteiger partial charge in [-0.2, -0.15) is 0 Å². The van der Waals surface area contributed by atoms with E-state index in [9.17, 15) is 0 Å². The van der Waals surface area contributed by atoms with Crippen LogP contribution < -0.4 is 5.32 Å². The van der Waals surface area contributed by atoms with Crippen molar-refractivity contribution < 1.29 is 4.74 Å². The quantitative estimate of drug-likeness (QED) is 0.818. The van der Waals surface area contributed by atoms with Crippen LogP contribution >= 0.6 is 0 Å². The zero-order valence-electron chi connectivity index (χ0n) is 11.7. The van der Waals surface area contributed by atoms with Crippen molar-refractivity contribution in [2.45, 2.75) is 44.6 Å². The SMILES string of the molecule is c1ccc2c(c1)CCO[C@H]2CNCCC1CCCC1. The van der Waals surface area contributed by atoms with Gasteiger partial charge in [-0.25, -0.2) is 0 Å². The number of rotatable bonds is 5. The Morgan fingerprint density at radius 2 is 2.00 bits per heavy atom. The molecule has 2 nitrogen and oxygen atoms in total. The van der Waals surface area contributed by atoms with E-state index in [1.54, 1.807) is 0 Å². The van der Waals surface area contributed by atoms with Crippen LogP contribution in [0.2, 0.25) is 0 Å². The van der Waals surface area contributed by atoms with Gasteiger partial charge in [-0.3, -0.25) is 0 Å². The first-order valence-electron chi connectivity index (χ1n) is 7.83. The molecule has 1 aliphatic carbocycles. The minimum absolute atomic E-state index is 0.258. The van der Waals surface area contributed by atoms with E-state index in [2.05, 4.69) is 29.6 Å². The van der Waals surface area contributed by atoms with Crippen molar-refractivity contribution in [3.05, 3.63) is 35.4 Å². The van der Waals surface area contributed by atoms with Crippen molar-refractivity contribution in [3.8, 4) is 0 Å². The predicted molar refractivity (Wildman–Crippen MR) is 78.3 cm³/mol. The monoisotopic (exact) mass is 259 g/mol. The fraction of sp³-hybridized carbons (Fsp3) is 0.647. The topological polar surface area (TPSA) is 21.3 Å². The molecular formula is C17H25NO. The molecule has 1 heterocycles. The van der Waals surface area contributed by atoms with E-state index in [0.29, 0.717) is 0 Å². The van der Waals surface area contributed by atoms with Crippen LogP contribution in [0, 0.1) is 5.92 Å². The molecule has 1 aliphatic heterocycles. The van der Waals surface area contributed by atoms with Gasteiger partial charge in [0.05, 0.1) is 12.7 Å². The molecule has 0 radical (unpaired) electrons. The highest BCUT2D eigenvalue weighted by atomic mass is 16.5. The van der Waals surface area contributed by atoms with Crippen LogP contribution in [-0.2, 0) is 11.2 Å². The van der Waals surface area contributed by atoms with Gasteiger partial charge in [0.15, 0.2) is 0 Å². The van der Waals surface area contributed by atoms with Crippen LogP contribution in [0.1, 0.15) is 49.3 Å². The molecule has 1 atom stereocenters. The second-order valence-corrected chi connectivity index (χ2v) is 5.95. The molecule has 0 unspecified atom stereocenters. The van der Waals surface area contributed by atoms with E-state index in [0.717, 1.165) is 32.0 Å². The number of nitrogens with one attached hydrogen (secondary N) is 1. The maximum atomic E-state index is 5.91. The van der Waals surface area contributed by atoms with Crippen molar-refractivity contribution in [3.63, 3.8) is 0 Å². The first kappa shape index (κ1) is 13.1. The molecule has 0 saturated heterocycles. The Morgan fingerprint density at radius 3 is 2.89 bits per heavy atom. The lowest BCUT2D eigenvalue weighted by atomic mass is 9.97. The lowest BCUT2D eigenvalue weighted by Gasteiger charge is -2.26. The Labute approximate surface area is 116 Å². The second-order valence-electron chi connectivity index (χ2n) is 5.95. The number of hydrogen-bond acceptors (Lipinski definition) is 2. The molecular weight excluding hydrogens is 234 g/mol. The molecule has 0 bridgehead atoms. The maximum Gasteiger partial charge on any atom is 0.0952 e. The Hall–Kier alpha value is -0.860. The fourth-order valence-corrected chi connectivity index (χ4v) is 3.48. The van der Waals surface area contributed by atoms with Crippen molar-refractivity contribution in [2.75, 3.05) is 19.7 Å². The van der Waals surface area contributed by atoms with Crippen LogP contribution in [0.4, 0.5) is 0 Å². The van der Waals surface area contributed by atoms with E-state index in [1.165, 1.54) is 43.2 Å². The smallest absolute Gasteiger partial charge is 0.0952 e. The molecule has 19 heavy (non-hydrogen) atoms. The van der Waals surface area contributed by atoms with E-state index in [4.69, 9.17) is 4.74 Å². The van der Waals surface area contributed by atoms with Crippen LogP contribution in [0.15, 0.2) is 24.3 Å². The zero-order chi connectivity index (χ0) is 12.9. The number of fused-ring (bicyclic) bond motifs is 1. The van der Waals surface area contributed by atoms with E-state index in [-0.39, 0.29) is 6.10 Å². The first-order valence-corrected chi connectivity index (χ1v) is 7.83. The predicted octanol–water partition coefficient (Wildman–Crippen LogP) is 3.47. The number of hydrogen-bond donors (Lipinski definition) is 1. The first-order chi connectivity index (χ1) is 9.43. The van der Waals surface area contributed by atoms with Gasteiger partial charge in [-0.1, -0.05) is 49.9 Å². The number of benzene rings is 1. The molecule has 1 aromatic carbocycles. The average molecular weight is 259 g/mol. The average Bonchev–Trinajstić information content (AvgIpc) is 2.97. The van der Waals surface area contributed by atoms with Gasteiger partial charge in [-0.05, 0) is 36.4 Å². The van der Waals surface area contributed by atoms with Gasteiger partial charge in [0, 0.05) is 6.54 Å². The van der Waals surface area contributed by atoms with Gasteiger partial charge in [0.2, 0.25) is 0 Å². The highest BCUT2D eigenvalue weighted by Crippen LogP contribution is 2.28. The zero-order valence-corrected chi connectivity index (χ0v) is 11.7. The van der Waals surface area contributed by atoms with E-state index < -0.39 is 0 Å². The Morgan fingerprint density at radius 1 is 1.16 bits per heavy atom. The second kappa shape index (κ2) is 6.53. The third kappa shape index (κ3) is 3.37. The summed E-state index contributed by atoms with van der Waals surface area (Å²) in [6.45, 7) is 2.97. The van der Waals surface area contributed by atoms with Crippen LogP contribution in [-0.4, -0.2) is 19.7 Å². The van der Waals surface area contributed by atoms with E-state index in [1.807, 2.05) is 0 Å². The summed E-state index contributed by atoms with van der Waals surface area (Å²) in [5.41, 5.74) is 2.86. The van der Waals surface area contributed by atoms with Crippen LogP contribution in [0.5, 0.6) is 0 Å². The third-order valence-electron chi connectivity index (χ3n) is 4.63. The fourth-order valence-electron chi connectivity index (χ4n) is 3.48. The molecule has 2 heteroatoms. The molecule has 0 spiro atoms. The minimum Gasteiger partial charge on any atom is -0.372 e. The molecule has 0 amide bonds. The summed E-state index contributed by atoms with van der Waals surface area (Å²) in [6, 6.07) is 8.72. The highest BCUT2D eigenvalue weighted by molar-refractivity contribution is 5.31. The van der Waals surface area contributed by atoms with Crippen molar-refractivity contribution >= 4 is 0 Å². The van der Waals surface area contributed by atoms with Crippen molar-refractivity contribution in [1.29, 1.82) is 0 Å². The number of ether oxygens (including phenoxy) is 1. The summed E-state index contributed by atoms with van der Waals surface area (Å²) >= 11 is 0. The Bertz CT molecular complexity index is 398. The summed E-state index contributed by atoms with van der Waals surface area (Å²) in [5, 5.41) is 3.60. The molecule has 2 aliphatic rings. The summed E-state index contributed by atoms with van der Waals surface area (Å²) in [5.74, 6) is 0.979. The minimum atomic E-state index is 0.258. The summed E-state index contributed by atoms with van der Waals surface area (Å²) in [6.07, 6.45) is 8.46. The van der Waals surface area contributed by atoms with Gasteiger partial charge < -0.3 is 10.1 Å². The molecule has 3 rings (SSSR count). The molecule has 1 fully saturated rings. The molecule has 0 aromatic heterocycles. The van der Waals surface area contributed by atoms with Crippen LogP contribution in [0.3, 0.4) is 0 Å². The maximum absolute atomic E-state index is 5.91. The molecule has 1 saturated carbocycles. The molecule has 104 valence electrons. The van der Waals surface area contributed by atoms with Crippen molar-refractivity contribution in [2.24, 2.45) is 5.92 Å². The lowest BCUT2D eigenvalue weighted by molar-refractivity contribution is 0.0424. The van der Waals surface area contributed by atoms with Gasteiger partial charge in [-0.15, -0.1) is 0 Å². The van der Waals surface area contributed by atoms with Gasteiger partial charge in [0.1, 0.15) is 0 Å². The molecule has 1 aromatic rings. The van der Waals surface area contributed by atoms with E-state index >= 15 is 0 Å². The Balaban J connectivity index is 1.45. The largest absolute Gasteiger partial charge is 0.372 e. The summed E-state index contributed by atoms with van der Waals surface area (Å²) < 4.78 is 5.91. The highest BCUT2D eigenvalue weighted by Gasteiger charge is 2.20.